The molecule has 1 heterocycles. The minimum Gasteiger partial charge on any atom is -0.395 e. The molecule has 0 radical (unpaired) electrons. The largest absolute Gasteiger partial charge is 0.395 e. The molecule has 3 N–H and O–H groups in total. The van der Waals surface area contributed by atoms with E-state index < -0.39 is 0 Å². The summed E-state index contributed by atoms with van der Waals surface area (Å²) in [4.78, 5) is 6.81. The van der Waals surface area contributed by atoms with Crippen LogP contribution >= 0.6 is 12.2 Å². The van der Waals surface area contributed by atoms with Gasteiger partial charge in [-0.3, -0.25) is 0 Å². The molecule has 0 aliphatic carbocycles. The van der Waals surface area contributed by atoms with E-state index in [0.717, 1.165) is 17.1 Å². The van der Waals surface area contributed by atoms with Crippen LogP contribution in [0.1, 0.15) is 25.1 Å². The first-order valence-electron chi connectivity index (χ1n) is 5.62. The summed E-state index contributed by atoms with van der Waals surface area (Å²) in [5.74, 6) is 0.751. The van der Waals surface area contributed by atoms with Crippen molar-refractivity contribution in [2.75, 3.05) is 18.1 Å². The monoisotopic (exact) mass is 253 g/mol. The molecule has 0 unspecified atom stereocenters. The van der Waals surface area contributed by atoms with E-state index in [1.807, 2.05) is 37.8 Å². The molecule has 4 nitrogen and oxygen atoms in total. The predicted octanol–water partition coefficient (Wildman–Crippen LogP) is 1.23. The van der Waals surface area contributed by atoms with Gasteiger partial charge >= 0.3 is 0 Å². The van der Waals surface area contributed by atoms with E-state index in [4.69, 9.17) is 23.1 Å². The van der Waals surface area contributed by atoms with Crippen molar-refractivity contribution in [2.45, 2.75) is 26.8 Å². The van der Waals surface area contributed by atoms with Gasteiger partial charge in [-0.1, -0.05) is 12.2 Å². The highest BCUT2D eigenvalue weighted by atomic mass is 32.1. The highest BCUT2D eigenvalue weighted by molar-refractivity contribution is 7.80. The molecular formula is C12H19N3OS. The maximum Gasteiger partial charge on any atom is 0.139 e. The third kappa shape index (κ3) is 3.38. The van der Waals surface area contributed by atoms with Crippen LogP contribution in [0.2, 0.25) is 0 Å². The second-order valence-electron chi connectivity index (χ2n) is 4.20. The lowest BCUT2D eigenvalue weighted by molar-refractivity contribution is 0.298. The summed E-state index contributed by atoms with van der Waals surface area (Å²) < 4.78 is 0. The van der Waals surface area contributed by atoms with Crippen molar-refractivity contribution in [1.82, 2.24) is 4.98 Å². The van der Waals surface area contributed by atoms with E-state index in [2.05, 4.69) is 4.98 Å². The van der Waals surface area contributed by atoms with Gasteiger partial charge in [-0.2, -0.15) is 0 Å². The zero-order valence-corrected chi connectivity index (χ0v) is 11.3. The molecule has 0 fully saturated rings. The molecule has 5 heteroatoms. The zero-order valence-electron chi connectivity index (χ0n) is 10.5. The highest BCUT2D eigenvalue weighted by Gasteiger charge is 2.17. The minimum atomic E-state index is 0.0740. The summed E-state index contributed by atoms with van der Waals surface area (Å²) in [5.41, 5.74) is 7.36. The Morgan fingerprint density at radius 1 is 1.53 bits per heavy atom. The van der Waals surface area contributed by atoms with Crippen LogP contribution in [0.3, 0.4) is 0 Å². The van der Waals surface area contributed by atoms with Crippen LogP contribution in [0.25, 0.3) is 0 Å². The molecule has 0 amide bonds. The summed E-state index contributed by atoms with van der Waals surface area (Å²) in [5, 5.41) is 9.11. The first-order chi connectivity index (χ1) is 7.97. The van der Waals surface area contributed by atoms with Crippen LogP contribution < -0.4 is 10.6 Å². The number of nitrogens with two attached hydrogens (primary N) is 1. The zero-order chi connectivity index (χ0) is 13.0. The number of aryl methyl sites for hydroxylation is 1. The lowest BCUT2D eigenvalue weighted by atomic mass is 10.2. The van der Waals surface area contributed by atoms with Crippen molar-refractivity contribution in [1.29, 1.82) is 0 Å². The van der Waals surface area contributed by atoms with Gasteiger partial charge in [0.1, 0.15) is 10.8 Å². The number of hydrogen-bond acceptors (Lipinski definition) is 4. The number of pyridine rings is 1. The Morgan fingerprint density at radius 2 is 2.18 bits per heavy atom. The smallest absolute Gasteiger partial charge is 0.139 e. The fourth-order valence-corrected chi connectivity index (χ4v) is 1.83. The van der Waals surface area contributed by atoms with Gasteiger partial charge < -0.3 is 15.7 Å². The van der Waals surface area contributed by atoms with Crippen LogP contribution in [0.4, 0.5) is 5.82 Å². The number of nitrogens with zero attached hydrogens (tertiary/aromatic N) is 2. The second-order valence-corrected chi connectivity index (χ2v) is 4.64. The van der Waals surface area contributed by atoms with Crippen LogP contribution in [-0.4, -0.2) is 34.3 Å². The molecule has 94 valence electrons. The summed E-state index contributed by atoms with van der Waals surface area (Å²) in [7, 11) is 0. The Labute approximate surface area is 107 Å². The number of anilines is 1. The number of aromatic nitrogens is 1. The first kappa shape index (κ1) is 13.9. The van der Waals surface area contributed by atoms with E-state index in [1.54, 1.807) is 0 Å². The molecule has 1 aromatic heterocycles. The van der Waals surface area contributed by atoms with Crippen molar-refractivity contribution >= 4 is 23.0 Å². The minimum absolute atomic E-state index is 0.0740. The third-order valence-corrected chi connectivity index (χ3v) is 2.74. The molecule has 0 saturated heterocycles. The molecule has 0 saturated carbocycles. The molecule has 0 aliphatic heterocycles. The maximum atomic E-state index is 9.11. The number of thiocarbonyl (C=S) groups is 1. The Bertz CT molecular complexity index is 407. The van der Waals surface area contributed by atoms with Gasteiger partial charge in [0.25, 0.3) is 0 Å². The van der Waals surface area contributed by atoms with Crippen LogP contribution in [0.5, 0.6) is 0 Å². The lowest BCUT2D eigenvalue weighted by Gasteiger charge is -2.29. The summed E-state index contributed by atoms with van der Waals surface area (Å²) in [6.07, 6.45) is 0. The van der Waals surface area contributed by atoms with Gasteiger partial charge in [0, 0.05) is 18.3 Å². The second kappa shape index (κ2) is 5.93. The van der Waals surface area contributed by atoms with Crippen molar-refractivity contribution in [3.05, 3.63) is 23.4 Å². The van der Waals surface area contributed by atoms with E-state index >= 15 is 0 Å². The molecule has 17 heavy (non-hydrogen) atoms. The van der Waals surface area contributed by atoms with Gasteiger partial charge in [-0.25, -0.2) is 4.98 Å². The molecule has 0 atom stereocenters. The highest BCUT2D eigenvalue weighted by Crippen LogP contribution is 2.20. The Kier molecular flexibility index (Phi) is 4.84. The Morgan fingerprint density at radius 3 is 2.65 bits per heavy atom. The number of aliphatic hydroxyl groups excluding tert-OH is 1. The van der Waals surface area contributed by atoms with Crippen molar-refractivity contribution in [2.24, 2.45) is 5.73 Å². The fourth-order valence-electron chi connectivity index (χ4n) is 1.67. The van der Waals surface area contributed by atoms with Crippen molar-refractivity contribution in [3.63, 3.8) is 0 Å². The molecular weight excluding hydrogens is 234 g/mol. The number of aliphatic hydroxyl groups is 1. The van der Waals surface area contributed by atoms with Gasteiger partial charge in [0.2, 0.25) is 0 Å². The average molecular weight is 253 g/mol. The molecule has 0 aliphatic rings. The normalized spacial score (nSPS) is 10.6. The molecule has 1 aromatic rings. The molecule has 0 spiro atoms. The Hall–Kier alpha value is -1.20. The van der Waals surface area contributed by atoms with Gasteiger partial charge in [-0.15, -0.1) is 0 Å². The number of hydrogen-bond donors (Lipinski definition) is 2. The fraction of sp³-hybridized carbons (Fsp3) is 0.500. The van der Waals surface area contributed by atoms with Crippen LogP contribution in [0.15, 0.2) is 12.1 Å². The summed E-state index contributed by atoms with van der Waals surface area (Å²) in [6.45, 7) is 6.60. The van der Waals surface area contributed by atoms with E-state index in [-0.39, 0.29) is 12.6 Å². The molecule has 1 rings (SSSR count). The first-order valence-corrected chi connectivity index (χ1v) is 6.03. The average Bonchev–Trinajstić information content (AvgIpc) is 2.24. The van der Waals surface area contributed by atoms with E-state index in [0.29, 0.717) is 11.5 Å². The van der Waals surface area contributed by atoms with Gasteiger partial charge in [0.05, 0.1) is 12.2 Å². The van der Waals surface area contributed by atoms with Gasteiger partial charge in [0.15, 0.2) is 0 Å². The topological polar surface area (TPSA) is 62.4 Å². The van der Waals surface area contributed by atoms with Crippen molar-refractivity contribution in [3.8, 4) is 0 Å². The Balaban J connectivity index is 3.24. The van der Waals surface area contributed by atoms with Crippen LogP contribution in [0, 0.1) is 6.92 Å². The standard InChI is InChI=1S/C12H19N3OS/c1-8(2)15(6-7-16)12-10(11(13)17)5-4-9(3)14-12/h4-5,8,16H,6-7H2,1-3H3,(H2,13,17). The SMILES string of the molecule is Cc1ccc(C(N)=S)c(N(CCO)C(C)C)n1. The predicted molar refractivity (Wildman–Crippen MR) is 74.4 cm³/mol. The van der Waals surface area contributed by atoms with E-state index in [1.165, 1.54) is 0 Å². The maximum absolute atomic E-state index is 9.11. The quantitative estimate of drug-likeness (QED) is 0.773. The number of rotatable bonds is 5. The third-order valence-electron chi connectivity index (χ3n) is 2.52. The molecule has 0 aromatic carbocycles. The van der Waals surface area contributed by atoms with Gasteiger partial charge in [-0.05, 0) is 32.9 Å². The van der Waals surface area contributed by atoms with Crippen molar-refractivity contribution < 1.29 is 5.11 Å². The summed E-state index contributed by atoms with van der Waals surface area (Å²) >= 11 is 5.03. The van der Waals surface area contributed by atoms with E-state index in [9.17, 15) is 0 Å². The van der Waals surface area contributed by atoms with Crippen LogP contribution in [-0.2, 0) is 0 Å². The molecule has 0 bridgehead atoms. The summed E-state index contributed by atoms with van der Waals surface area (Å²) in [6, 6.07) is 3.99. The lowest BCUT2D eigenvalue weighted by Crippen LogP contribution is -2.36.